The monoisotopic (exact) mass is 352 g/mol. The number of carbonyl (C=O) groups excluding carboxylic acids is 1. The van der Waals surface area contributed by atoms with Crippen LogP contribution in [0.5, 0.6) is 0 Å². The molecule has 0 saturated heterocycles. The fraction of sp³-hybridized carbons (Fsp3) is 0.400. The minimum Gasteiger partial charge on any atom is -0.324 e. The van der Waals surface area contributed by atoms with Crippen LogP contribution in [-0.2, 0) is 4.79 Å². The number of hydrogen-bond donors (Lipinski definition) is 2. The Hall–Kier alpha value is -1.73. The minimum absolute atomic E-state index is 0.167. The lowest BCUT2D eigenvalue weighted by Crippen LogP contribution is -2.18. The highest BCUT2D eigenvalue weighted by atomic mass is 35.5. The maximum Gasteiger partial charge on any atom is 0.344 e. The lowest BCUT2D eigenvalue weighted by atomic mass is 10.1. The third kappa shape index (κ3) is 3.61. The molecule has 0 spiro atoms. The molecule has 0 bridgehead atoms. The molecule has 8 heteroatoms. The molecule has 0 aliphatic heterocycles. The van der Waals surface area contributed by atoms with Crippen molar-refractivity contribution in [3.63, 3.8) is 0 Å². The van der Waals surface area contributed by atoms with Gasteiger partial charge in [-0.05, 0) is 43.9 Å². The second kappa shape index (κ2) is 6.41. The smallest absolute Gasteiger partial charge is 0.324 e. The number of amides is 1. The van der Waals surface area contributed by atoms with Crippen molar-refractivity contribution in [1.29, 1.82) is 0 Å². The van der Waals surface area contributed by atoms with E-state index in [1.54, 1.807) is 4.57 Å². The topological polar surface area (TPSA) is 79.8 Å². The average molecular weight is 353 g/mol. The van der Waals surface area contributed by atoms with E-state index in [-0.39, 0.29) is 23.4 Å². The Morgan fingerprint density at radius 3 is 2.87 bits per heavy atom. The largest absolute Gasteiger partial charge is 0.344 e. The molecule has 6 nitrogen and oxygen atoms in total. The highest BCUT2D eigenvalue weighted by Gasteiger charge is 2.28. The quantitative estimate of drug-likeness (QED) is 0.811. The summed E-state index contributed by atoms with van der Waals surface area (Å²) >= 11 is 7.43. The van der Waals surface area contributed by atoms with Gasteiger partial charge in [0.2, 0.25) is 5.91 Å². The first-order valence-corrected chi connectivity index (χ1v) is 8.68. The number of aryl methyl sites for hydroxylation is 2. The summed E-state index contributed by atoms with van der Waals surface area (Å²) in [5, 5.41) is 10.3. The van der Waals surface area contributed by atoms with Gasteiger partial charge in [-0.2, -0.15) is 0 Å². The van der Waals surface area contributed by atoms with Gasteiger partial charge in [0.15, 0.2) is 5.16 Å². The Balaban J connectivity index is 1.66. The summed E-state index contributed by atoms with van der Waals surface area (Å²) in [6.45, 7) is 3.86. The van der Waals surface area contributed by atoms with Crippen molar-refractivity contribution in [2.24, 2.45) is 0 Å². The van der Waals surface area contributed by atoms with Gasteiger partial charge < -0.3 is 5.32 Å². The number of nitrogens with zero attached hydrogens (tertiary/aromatic N) is 2. The number of hydrogen-bond acceptors (Lipinski definition) is 4. The third-order valence-electron chi connectivity index (χ3n) is 3.61. The molecular formula is C15H17ClN4O2S. The van der Waals surface area contributed by atoms with Crippen LogP contribution in [0.1, 0.15) is 30.0 Å². The van der Waals surface area contributed by atoms with E-state index >= 15 is 0 Å². The van der Waals surface area contributed by atoms with Crippen LogP contribution in [0, 0.1) is 13.8 Å². The zero-order valence-corrected chi connectivity index (χ0v) is 14.4. The number of rotatable bonds is 5. The normalized spacial score (nSPS) is 14.0. The van der Waals surface area contributed by atoms with Crippen LogP contribution < -0.4 is 11.0 Å². The third-order valence-corrected chi connectivity index (χ3v) is 4.86. The number of aromatic nitrogens is 3. The number of anilines is 1. The maximum atomic E-state index is 12.2. The molecule has 122 valence electrons. The van der Waals surface area contributed by atoms with E-state index in [0.29, 0.717) is 15.9 Å². The molecule has 0 atom stereocenters. The zero-order chi connectivity index (χ0) is 16.6. The van der Waals surface area contributed by atoms with E-state index < -0.39 is 0 Å². The van der Waals surface area contributed by atoms with Crippen LogP contribution in [0.2, 0.25) is 5.02 Å². The summed E-state index contributed by atoms with van der Waals surface area (Å²) in [6, 6.07) is 4.00. The van der Waals surface area contributed by atoms with E-state index in [0.717, 1.165) is 24.0 Å². The summed E-state index contributed by atoms with van der Waals surface area (Å²) in [5.41, 5.74) is 2.38. The van der Waals surface area contributed by atoms with Gasteiger partial charge in [-0.15, -0.1) is 5.10 Å². The SMILES string of the molecule is Cc1cc(C)c(NC(=O)CSc2n[nH]c(=O)n2C2CC2)c(Cl)c1. The first-order chi connectivity index (χ1) is 11.0. The maximum absolute atomic E-state index is 12.2. The fourth-order valence-corrected chi connectivity index (χ4v) is 3.61. The van der Waals surface area contributed by atoms with E-state index in [9.17, 15) is 9.59 Å². The Morgan fingerprint density at radius 1 is 1.48 bits per heavy atom. The molecule has 0 unspecified atom stereocenters. The van der Waals surface area contributed by atoms with Gasteiger partial charge >= 0.3 is 5.69 Å². The van der Waals surface area contributed by atoms with Gasteiger partial charge in [0, 0.05) is 6.04 Å². The molecule has 23 heavy (non-hydrogen) atoms. The summed E-state index contributed by atoms with van der Waals surface area (Å²) in [5.74, 6) is -0.0117. The number of H-pyrrole nitrogens is 1. The van der Waals surface area contributed by atoms with E-state index in [2.05, 4.69) is 15.5 Å². The van der Waals surface area contributed by atoms with Gasteiger partial charge in [0.25, 0.3) is 0 Å². The van der Waals surface area contributed by atoms with E-state index in [1.807, 2.05) is 26.0 Å². The molecule has 1 aromatic heterocycles. The molecule has 1 aromatic carbocycles. The van der Waals surface area contributed by atoms with Crippen LogP contribution in [0.25, 0.3) is 0 Å². The number of aromatic amines is 1. The van der Waals surface area contributed by atoms with Crippen LogP contribution >= 0.6 is 23.4 Å². The number of carbonyl (C=O) groups is 1. The van der Waals surface area contributed by atoms with Crippen molar-refractivity contribution in [3.8, 4) is 0 Å². The van der Waals surface area contributed by atoms with Gasteiger partial charge in [-0.25, -0.2) is 9.89 Å². The highest BCUT2D eigenvalue weighted by molar-refractivity contribution is 7.99. The van der Waals surface area contributed by atoms with E-state index in [1.165, 1.54) is 11.8 Å². The minimum atomic E-state index is -0.215. The second-order valence-corrected chi connectivity index (χ2v) is 7.04. The molecule has 1 heterocycles. The molecular weight excluding hydrogens is 336 g/mol. The Labute approximate surface area is 142 Å². The molecule has 1 fully saturated rings. The van der Waals surface area contributed by atoms with Gasteiger partial charge in [-0.1, -0.05) is 29.4 Å². The first kappa shape index (κ1) is 16.1. The Kier molecular flexibility index (Phi) is 4.50. The van der Waals surface area contributed by atoms with Gasteiger partial charge in [-0.3, -0.25) is 9.36 Å². The molecule has 1 saturated carbocycles. The molecule has 2 aromatic rings. The van der Waals surface area contributed by atoms with Crippen LogP contribution in [-0.4, -0.2) is 26.4 Å². The average Bonchev–Trinajstić information content (AvgIpc) is 3.24. The van der Waals surface area contributed by atoms with Crippen LogP contribution in [0.15, 0.2) is 22.1 Å². The van der Waals surface area contributed by atoms with Gasteiger partial charge in [0.1, 0.15) is 0 Å². The standard InChI is InChI=1S/C15H17ClN4O2S/c1-8-5-9(2)13(11(16)6-8)17-12(21)7-23-15-19-18-14(22)20(15)10-3-4-10/h5-6,10H,3-4,7H2,1-2H3,(H,17,21)(H,18,22). The fourth-order valence-electron chi connectivity index (χ4n) is 2.43. The van der Waals surface area contributed by atoms with Crippen LogP contribution in [0.4, 0.5) is 5.69 Å². The summed E-state index contributed by atoms with van der Waals surface area (Å²) < 4.78 is 1.63. The molecule has 0 radical (unpaired) electrons. The Morgan fingerprint density at radius 2 is 2.22 bits per heavy atom. The van der Waals surface area contributed by atoms with Crippen LogP contribution in [0.3, 0.4) is 0 Å². The molecule has 1 aliphatic rings. The molecule has 1 aliphatic carbocycles. The lowest BCUT2D eigenvalue weighted by Gasteiger charge is -2.11. The molecule has 3 rings (SSSR count). The predicted octanol–water partition coefficient (Wildman–Crippen LogP) is 2.91. The summed E-state index contributed by atoms with van der Waals surface area (Å²) in [4.78, 5) is 23.9. The first-order valence-electron chi connectivity index (χ1n) is 7.32. The number of thioether (sulfide) groups is 1. The summed E-state index contributed by atoms with van der Waals surface area (Å²) in [6.07, 6.45) is 1.97. The van der Waals surface area contributed by atoms with Crippen molar-refractivity contribution in [1.82, 2.24) is 14.8 Å². The van der Waals surface area contributed by atoms with E-state index in [4.69, 9.17) is 11.6 Å². The zero-order valence-electron chi connectivity index (χ0n) is 12.9. The van der Waals surface area contributed by atoms with Crippen molar-refractivity contribution in [2.75, 3.05) is 11.1 Å². The number of benzene rings is 1. The van der Waals surface area contributed by atoms with Gasteiger partial charge in [0.05, 0.1) is 16.5 Å². The van der Waals surface area contributed by atoms with Crippen molar-refractivity contribution < 1.29 is 4.79 Å². The lowest BCUT2D eigenvalue weighted by molar-refractivity contribution is -0.113. The van der Waals surface area contributed by atoms with Crippen molar-refractivity contribution >= 4 is 35.0 Å². The Bertz CT molecular complexity index is 787. The highest BCUT2D eigenvalue weighted by Crippen LogP contribution is 2.36. The van der Waals surface area contributed by atoms with Crippen molar-refractivity contribution in [2.45, 2.75) is 37.9 Å². The molecule has 2 N–H and O–H groups in total. The second-order valence-electron chi connectivity index (χ2n) is 5.69. The van der Waals surface area contributed by atoms with Crippen molar-refractivity contribution in [3.05, 3.63) is 38.8 Å². The predicted molar refractivity (Wildman–Crippen MR) is 91.4 cm³/mol. The molecule has 1 amide bonds. The number of halogens is 1. The summed E-state index contributed by atoms with van der Waals surface area (Å²) in [7, 11) is 0. The number of nitrogens with one attached hydrogen (secondary N) is 2.